The zero-order chi connectivity index (χ0) is 20.0. The van der Waals surface area contributed by atoms with Crippen LogP contribution in [-0.4, -0.2) is 26.6 Å². The van der Waals surface area contributed by atoms with E-state index in [0.29, 0.717) is 19.4 Å². The van der Waals surface area contributed by atoms with Gasteiger partial charge in [-0.3, -0.25) is 0 Å². The Kier molecular flexibility index (Phi) is 5.98. The molecule has 0 aromatic heterocycles. The molecule has 0 bridgehead atoms. The lowest BCUT2D eigenvalue weighted by molar-refractivity contribution is 0.293. The van der Waals surface area contributed by atoms with Gasteiger partial charge >= 0.3 is 0 Å². The lowest BCUT2D eigenvalue weighted by Gasteiger charge is -2.43. The van der Waals surface area contributed by atoms with Crippen molar-refractivity contribution in [1.29, 1.82) is 0 Å². The quantitative estimate of drug-likeness (QED) is 0.490. The van der Waals surface area contributed by atoms with Crippen LogP contribution in [0.5, 0.6) is 0 Å². The van der Waals surface area contributed by atoms with E-state index in [1.54, 1.807) is 0 Å². The van der Waals surface area contributed by atoms with E-state index >= 15 is 0 Å². The van der Waals surface area contributed by atoms with Crippen molar-refractivity contribution in [3.8, 4) is 11.8 Å². The van der Waals surface area contributed by atoms with E-state index in [2.05, 4.69) is 81.1 Å². The molecular weight excluding hydrogens is 324 g/mol. The summed E-state index contributed by atoms with van der Waals surface area (Å²) in [5.74, 6) is 4.90. The third-order valence-electron chi connectivity index (χ3n) is 4.33. The maximum absolute atomic E-state index is 9.04. The number of hydrogen-bond donors (Lipinski definition) is 1. The van der Waals surface area contributed by atoms with Gasteiger partial charge in [-0.2, -0.15) is 0 Å². The standard InChI is InChI=1S/C22H28O2Si/c1-22(2,3)25(20-14-8-6-9-15-20,21-16-10-7-11-17-21)24-19-13-5-4-12-18-23/h6-11,14-17,23H,5,13,18-19H2,1-3H3/i18D2. The van der Waals surface area contributed by atoms with Gasteiger partial charge in [-0.05, 0) is 21.8 Å². The van der Waals surface area contributed by atoms with E-state index in [-0.39, 0.29) is 5.04 Å². The van der Waals surface area contributed by atoms with Gasteiger partial charge in [-0.15, -0.1) is 5.92 Å². The van der Waals surface area contributed by atoms with Crippen molar-refractivity contribution in [3.05, 3.63) is 60.7 Å². The Labute approximate surface area is 155 Å². The minimum atomic E-state index is -2.52. The first-order valence-electron chi connectivity index (χ1n) is 9.64. The largest absolute Gasteiger partial charge is 0.407 e. The van der Waals surface area contributed by atoms with Crippen molar-refractivity contribution in [1.82, 2.24) is 0 Å². The third-order valence-corrected chi connectivity index (χ3v) is 9.37. The van der Waals surface area contributed by atoms with Crippen LogP contribution in [0.2, 0.25) is 5.04 Å². The first kappa shape index (κ1) is 16.6. The van der Waals surface area contributed by atoms with Gasteiger partial charge in [0.05, 0.1) is 2.74 Å². The van der Waals surface area contributed by atoms with E-state index in [4.69, 9.17) is 12.3 Å². The van der Waals surface area contributed by atoms with Gasteiger partial charge in [0.2, 0.25) is 0 Å². The summed E-state index contributed by atoms with van der Waals surface area (Å²) in [5, 5.41) is 11.5. The molecule has 0 amide bonds. The number of unbranched alkanes of at least 4 members (excludes halogenated alkanes) is 1. The highest BCUT2D eigenvalue weighted by Gasteiger charge is 2.49. The Bertz CT molecular complexity index is 730. The summed E-state index contributed by atoms with van der Waals surface area (Å²) in [4.78, 5) is 0. The molecule has 2 rings (SSSR count). The second kappa shape index (κ2) is 9.01. The van der Waals surface area contributed by atoms with Gasteiger partial charge < -0.3 is 9.53 Å². The molecule has 0 aliphatic carbocycles. The van der Waals surface area contributed by atoms with Crippen molar-refractivity contribution in [2.75, 3.05) is 13.2 Å². The second-order valence-corrected chi connectivity index (χ2v) is 11.3. The molecule has 2 nitrogen and oxygen atoms in total. The molecule has 0 radical (unpaired) electrons. The average molecular weight is 355 g/mol. The molecule has 1 N–H and O–H groups in total. The highest BCUT2D eigenvalue weighted by atomic mass is 28.4. The Hall–Kier alpha value is -1.86. The molecule has 0 aliphatic rings. The minimum absolute atomic E-state index is 0.0655. The molecular formula is C22H28O2Si. The molecule has 132 valence electrons. The molecule has 0 saturated carbocycles. The van der Waals surface area contributed by atoms with Gasteiger partial charge in [-0.1, -0.05) is 87.4 Å². The van der Waals surface area contributed by atoms with Gasteiger partial charge in [0, 0.05) is 13.0 Å². The summed E-state index contributed by atoms with van der Waals surface area (Å²) in [7, 11) is -2.52. The smallest absolute Gasteiger partial charge is 0.261 e. The summed E-state index contributed by atoms with van der Waals surface area (Å²) in [6.07, 6.45) is 1.17. The second-order valence-electron chi connectivity index (χ2n) is 7.03. The van der Waals surface area contributed by atoms with Gasteiger partial charge in [0.25, 0.3) is 8.32 Å². The fourth-order valence-electron chi connectivity index (χ4n) is 3.25. The number of hydrogen-bond acceptors (Lipinski definition) is 2. The first-order chi connectivity index (χ1) is 12.7. The summed E-state index contributed by atoms with van der Waals surface area (Å²) < 4.78 is 20.8. The van der Waals surface area contributed by atoms with E-state index in [1.807, 2.05) is 12.1 Å². The van der Waals surface area contributed by atoms with E-state index in [1.165, 1.54) is 10.4 Å². The number of benzene rings is 2. The maximum atomic E-state index is 9.04. The van der Waals surface area contributed by atoms with E-state index in [0.717, 1.165) is 0 Å². The highest BCUT2D eigenvalue weighted by molar-refractivity contribution is 6.99. The maximum Gasteiger partial charge on any atom is 0.261 e. The molecule has 3 heteroatoms. The van der Waals surface area contributed by atoms with E-state index < -0.39 is 14.9 Å². The van der Waals surface area contributed by atoms with Crippen LogP contribution in [-0.2, 0) is 4.43 Å². The van der Waals surface area contributed by atoms with Crippen molar-refractivity contribution in [2.45, 2.75) is 38.7 Å². The lowest BCUT2D eigenvalue weighted by Crippen LogP contribution is -2.66. The summed E-state index contributed by atoms with van der Waals surface area (Å²) in [5.41, 5.74) is 0. The first-order valence-corrected chi connectivity index (χ1v) is 10.5. The van der Waals surface area contributed by atoms with Crippen molar-refractivity contribution >= 4 is 18.7 Å². The highest BCUT2D eigenvalue weighted by Crippen LogP contribution is 2.36. The molecule has 25 heavy (non-hydrogen) atoms. The minimum Gasteiger partial charge on any atom is -0.407 e. The Balaban J connectivity index is 2.31. The normalized spacial score (nSPS) is 13.4. The molecule has 0 unspecified atom stereocenters. The molecule has 0 atom stereocenters. The fourth-order valence-corrected chi connectivity index (χ4v) is 7.86. The topological polar surface area (TPSA) is 29.5 Å². The average Bonchev–Trinajstić information content (AvgIpc) is 2.61. The predicted octanol–water partition coefficient (Wildman–Crippen LogP) is 3.34. The monoisotopic (exact) mass is 354 g/mol. The molecule has 0 aliphatic heterocycles. The van der Waals surface area contributed by atoms with Crippen molar-refractivity contribution < 1.29 is 12.3 Å². The Morgan fingerprint density at radius 2 is 1.48 bits per heavy atom. The third kappa shape index (κ3) is 4.61. The number of aliphatic hydroxyl groups is 1. The van der Waals surface area contributed by atoms with Crippen LogP contribution in [0.25, 0.3) is 0 Å². The Morgan fingerprint density at radius 1 is 0.960 bits per heavy atom. The molecule has 2 aromatic carbocycles. The van der Waals surface area contributed by atoms with Crippen LogP contribution in [0.15, 0.2) is 60.7 Å². The molecule has 2 aromatic rings. The van der Waals surface area contributed by atoms with Gasteiger partial charge in [0.15, 0.2) is 0 Å². The van der Waals surface area contributed by atoms with Gasteiger partial charge in [-0.25, -0.2) is 0 Å². The molecule has 0 saturated heterocycles. The summed E-state index contributed by atoms with van der Waals surface area (Å²) in [6, 6.07) is 20.9. The van der Waals surface area contributed by atoms with Crippen LogP contribution in [0.4, 0.5) is 0 Å². The van der Waals surface area contributed by atoms with Crippen LogP contribution < -0.4 is 10.4 Å². The van der Waals surface area contributed by atoms with Crippen LogP contribution >= 0.6 is 0 Å². The zero-order valence-corrected chi connectivity index (χ0v) is 16.3. The predicted molar refractivity (Wildman–Crippen MR) is 108 cm³/mol. The van der Waals surface area contributed by atoms with E-state index in [9.17, 15) is 0 Å². The summed E-state index contributed by atoms with van der Waals surface area (Å²) in [6.45, 7) is 4.81. The fraction of sp³-hybridized carbons (Fsp3) is 0.364. The lowest BCUT2D eigenvalue weighted by atomic mass is 10.2. The Morgan fingerprint density at radius 3 is 1.92 bits per heavy atom. The zero-order valence-electron chi connectivity index (χ0n) is 17.3. The van der Waals surface area contributed by atoms with Crippen LogP contribution in [0.1, 0.15) is 36.4 Å². The van der Waals surface area contributed by atoms with Crippen molar-refractivity contribution in [3.63, 3.8) is 0 Å². The summed E-state index contributed by atoms with van der Waals surface area (Å²) >= 11 is 0. The van der Waals surface area contributed by atoms with Crippen LogP contribution in [0, 0.1) is 11.8 Å². The number of rotatable bonds is 6. The van der Waals surface area contributed by atoms with Crippen molar-refractivity contribution in [2.24, 2.45) is 0 Å². The molecule has 0 spiro atoms. The SMILES string of the molecule is [2H]C([2H])(O)C#CCCCO[Si](c1ccccc1)(c1ccccc1)C(C)(C)C. The van der Waals surface area contributed by atoms with Crippen LogP contribution in [0.3, 0.4) is 0 Å². The molecule has 0 heterocycles. The van der Waals surface area contributed by atoms with Gasteiger partial charge in [0.1, 0.15) is 6.56 Å². The molecule has 0 fully saturated rings.